The molecule has 1 atom stereocenters. The molecule has 14 heavy (non-hydrogen) atoms. The van der Waals surface area contributed by atoms with Gasteiger partial charge in [0.05, 0.1) is 19.5 Å². The van der Waals surface area contributed by atoms with Gasteiger partial charge in [-0.25, -0.2) is 0 Å². The molecule has 1 saturated carbocycles. The van der Waals surface area contributed by atoms with Gasteiger partial charge in [-0.3, -0.25) is 4.18 Å². The molecule has 0 aromatic heterocycles. The summed E-state index contributed by atoms with van der Waals surface area (Å²) in [6.07, 6.45) is 3.71. The smallest absolute Gasteiger partial charge is 0.264 e. The highest BCUT2D eigenvalue weighted by atomic mass is 32.2. The minimum absolute atomic E-state index is 0.0561. The molecule has 1 aliphatic carbocycles. The molecule has 0 aromatic rings. The predicted molar refractivity (Wildman–Crippen MR) is 48.2 cm³/mol. The van der Waals surface area contributed by atoms with E-state index in [4.69, 9.17) is 9.47 Å². The Morgan fingerprint density at radius 3 is 2.64 bits per heavy atom. The van der Waals surface area contributed by atoms with Crippen LogP contribution in [0.25, 0.3) is 0 Å². The van der Waals surface area contributed by atoms with Gasteiger partial charge in [0, 0.05) is 12.8 Å². The zero-order chi connectivity index (χ0) is 10.2. The van der Waals surface area contributed by atoms with Crippen LogP contribution < -0.4 is 0 Å². The maximum atomic E-state index is 10.7. The van der Waals surface area contributed by atoms with Crippen molar-refractivity contribution in [2.24, 2.45) is 0 Å². The van der Waals surface area contributed by atoms with Crippen LogP contribution in [0.2, 0.25) is 0 Å². The van der Waals surface area contributed by atoms with Gasteiger partial charge in [-0.1, -0.05) is 0 Å². The third-order valence-corrected chi connectivity index (χ3v) is 3.06. The zero-order valence-corrected chi connectivity index (χ0v) is 8.88. The minimum atomic E-state index is -3.37. The van der Waals surface area contributed by atoms with E-state index in [0.717, 1.165) is 25.5 Å². The summed E-state index contributed by atoms with van der Waals surface area (Å²) < 4.78 is 37.1. The van der Waals surface area contributed by atoms with Crippen molar-refractivity contribution in [3.8, 4) is 0 Å². The van der Waals surface area contributed by atoms with Gasteiger partial charge in [0.1, 0.15) is 6.10 Å². The average Bonchev–Trinajstić information content (AvgIpc) is 2.42. The molecule has 0 amide bonds. The first-order valence-electron chi connectivity index (χ1n) is 4.65. The Bertz CT molecular complexity index is 306. The SMILES string of the molecule is CS(=O)(=O)OCC1COC2(CCC2)O1. The van der Waals surface area contributed by atoms with E-state index in [-0.39, 0.29) is 12.7 Å². The average molecular weight is 222 g/mol. The summed E-state index contributed by atoms with van der Waals surface area (Å²) in [5.41, 5.74) is 0. The van der Waals surface area contributed by atoms with Crippen LogP contribution in [0.1, 0.15) is 19.3 Å². The molecule has 0 bridgehead atoms. The molecule has 0 N–H and O–H groups in total. The van der Waals surface area contributed by atoms with Crippen molar-refractivity contribution >= 4 is 10.1 Å². The van der Waals surface area contributed by atoms with Crippen molar-refractivity contribution in [1.29, 1.82) is 0 Å². The van der Waals surface area contributed by atoms with E-state index >= 15 is 0 Å². The fraction of sp³-hybridized carbons (Fsp3) is 1.00. The molecule has 1 aliphatic heterocycles. The van der Waals surface area contributed by atoms with Crippen molar-refractivity contribution in [3.05, 3.63) is 0 Å². The van der Waals surface area contributed by atoms with Gasteiger partial charge in [0.15, 0.2) is 5.79 Å². The molecule has 1 heterocycles. The fourth-order valence-electron chi connectivity index (χ4n) is 1.63. The molecular weight excluding hydrogens is 208 g/mol. The summed E-state index contributed by atoms with van der Waals surface area (Å²) in [5.74, 6) is -0.411. The zero-order valence-electron chi connectivity index (χ0n) is 8.06. The highest BCUT2D eigenvalue weighted by Gasteiger charge is 2.46. The Hall–Kier alpha value is -0.170. The Labute approximate surface area is 83.5 Å². The lowest BCUT2D eigenvalue weighted by Crippen LogP contribution is -2.39. The highest BCUT2D eigenvalue weighted by Crippen LogP contribution is 2.41. The van der Waals surface area contributed by atoms with Crippen LogP contribution in [0.3, 0.4) is 0 Å². The first-order chi connectivity index (χ1) is 6.49. The molecule has 6 heteroatoms. The van der Waals surface area contributed by atoms with E-state index in [9.17, 15) is 8.42 Å². The second-order valence-corrected chi connectivity index (χ2v) is 5.45. The summed E-state index contributed by atoms with van der Waals surface area (Å²) in [6, 6.07) is 0. The van der Waals surface area contributed by atoms with E-state index in [0.29, 0.717) is 6.61 Å². The summed E-state index contributed by atoms with van der Waals surface area (Å²) in [5, 5.41) is 0. The Morgan fingerprint density at radius 1 is 1.50 bits per heavy atom. The molecule has 2 fully saturated rings. The number of rotatable bonds is 3. The Kier molecular flexibility index (Phi) is 2.55. The number of ether oxygens (including phenoxy) is 2. The van der Waals surface area contributed by atoms with E-state index in [1.807, 2.05) is 0 Å². The molecule has 1 spiro atoms. The monoisotopic (exact) mass is 222 g/mol. The third kappa shape index (κ3) is 2.25. The van der Waals surface area contributed by atoms with Crippen LogP contribution in [-0.4, -0.2) is 39.8 Å². The molecule has 2 aliphatic rings. The molecule has 0 radical (unpaired) electrons. The molecule has 2 rings (SSSR count). The van der Waals surface area contributed by atoms with Crippen LogP contribution in [0.5, 0.6) is 0 Å². The van der Waals surface area contributed by atoms with Gasteiger partial charge in [-0.05, 0) is 6.42 Å². The summed E-state index contributed by atoms with van der Waals surface area (Å²) >= 11 is 0. The van der Waals surface area contributed by atoms with Crippen molar-refractivity contribution in [2.75, 3.05) is 19.5 Å². The molecule has 1 unspecified atom stereocenters. The maximum Gasteiger partial charge on any atom is 0.264 e. The molecule has 0 aromatic carbocycles. The fourth-order valence-corrected chi connectivity index (χ4v) is 2.02. The second kappa shape index (κ2) is 3.44. The Morgan fingerprint density at radius 2 is 2.21 bits per heavy atom. The minimum Gasteiger partial charge on any atom is -0.347 e. The third-order valence-electron chi connectivity index (χ3n) is 2.50. The Balaban J connectivity index is 1.79. The lowest BCUT2D eigenvalue weighted by molar-refractivity contribution is -0.217. The van der Waals surface area contributed by atoms with Gasteiger partial charge in [0.25, 0.3) is 10.1 Å². The summed E-state index contributed by atoms with van der Waals surface area (Å²) in [4.78, 5) is 0. The quantitative estimate of drug-likeness (QED) is 0.641. The lowest BCUT2D eigenvalue weighted by atomic mass is 9.91. The topological polar surface area (TPSA) is 61.8 Å². The first kappa shape index (κ1) is 10.4. The van der Waals surface area contributed by atoms with Crippen molar-refractivity contribution in [3.63, 3.8) is 0 Å². The van der Waals surface area contributed by atoms with Gasteiger partial charge in [0.2, 0.25) is 0 Å². The van der Waals surface area contributed by atoms with Gasteiger partial charge < -0.3 is 9.47 Å². The highest BCUT2D eigenvalue weighted by molar-refractivity contribution is 7.85. The van der Waals surface area contributed by atoms with Gasteiger partial charge in [-0.2, -0.15) is 8.42 Å². The van der Waals surface area contributed by atoms with E-state index < -0.39 is 15.9 Å². The predicted octanol–water partition coefficient (Wildman–Crippen LogP) is 0.258. The normalized spacial score (nSPS) is 30.5. The lowest BCUT2D eigenvalue weighted by Gasteiger charge is -2.36. The molecule has 1 saturated heterocycles. The standard InChI is InChI=1S/C8H14O5S/c1-14(9,10)12-6-7-5-11-8(13-7)3-2-4-8/h7H,2-6H2,1H3. The van der Waals surface area contributed by atoms with Gasteiger partial charge in [-0.15, -0.1) is 0 Å². The largest absolute Gasteiger partial charge is 0.347 e. The van der Waals surface area contributed by atoms with Crippen molar-refractivity contribution < 1.29 is 22.1 Å². The molecule has 5 nitrogen and oxygen atoms in total. The summed E-state index contributed by atoms with van der Waals surface area (Å²) in [6.45, 7) is 0.482. The van der Waals surface area contributed by atoms with E-state index in [1.54, 1.807) is 0 Å². The van der Waals surface area contributed by atoms with Crippen LogP contribution in [0.4, 0.5) is 0 Å². The second-order valence-electron chi connectivity index (χ2n) is 3.80. The van der Waals surface area contributed by atoms with Crippen LogP contribution in [0.15, 0.2) is 0 Å². The van der Waals surface area contributed by atoms with Crippen molar-refractivity contribution in [1.82, 2.24) is 0 Å². The summed E-state index contributed by atoms with van der Waals surface area (Å²) in [7, 11) is -3.37. The van der Waals surface area contributed by atoms with Crippen molar-refractivity contribution in [2.45, 2.75) is 31.2 Å². The van der Waals surface area contributed by atoms with E-state index in [2.05, 4.69) is 4.18 Å². The molecule has 82 valence electrons. The number of hydrogen-bond acceptors (Lipinski definition) is 5. The molecular formula is C8H14O5S. The van der Waals surface area contributed by atoms with Crippen LogP contribution in [-0.2, 0) is 23.8 Å². The van der Waals surface area contributed by atoms with Gasteiger partial charge >= 0.3 is 0 Å². The van der Waals surface area contributed by atoms with Crippen LogP contribution in [0, 0.1) is 0 Å². The first-order valence-corrected chi connectivity index (χ1v) is 6.47. The maximum absolute atomic E-state index is 10.7. The van der Waals surface area contributed by atoms with Crippen LogP contribution >= 0.6 is 0 Å². The van der Waals surface area contributed by atoms with E-state index in [1.165, 1.54) is 0 Å². The number of hydrogen-bond donors (Lipinski definition) is 0.